The van der Waals surface area contributed by atoms with Crippen LogP contribution < -0.4 is 10.6 Å². The van der Waals surface area contributed by atoms with Crippen molar-refractivity contribution in [2.45, 2.75) is 12.5 Å². The van der Waals surface area contributed by atoms with Crippen LogP contribution in [0.25, 0.3) is 0 Å². The van der Waals surface area contributed by atoms with E-state index in [0.717, 1.165) is 5.69 Å². The predicted molar refractivity (Wildman–Crippen MR) is 64.1 cm³/mol. The number of rotatable bonds is 2. The first-order valence-corrected chi connectivity index (χ1v) is 6.94. The summed E-state index contributed by atoms with van der Waals surface area (Å²) in [5, 5.41) is 0. The highest BCUT2D eigenvalue weighted by Gasteiger charge is 2.31. The van der Waals surface area contributed by atoms with Crippen molar-refractivity contribution in [3.8, 4) is 0 Å². The van der Waals surface area contributed by atoms with E-state index in [4.69, 9.17) is 5.73 Å². The second-order valence-electron chi connectivity index (χ2n) is 4.10. The molecule has 1 atom stereocenters. The molecule has 16 heavy (non-hydrogen) atoms. The fourth-order valence-electron chi connectivity index (χ4n) is 2.00. The molecule has 0 spiro atoms. The monoisotopic (exact) mass is 241 g/mol. The third-order valence-corrected chi connectivity index (χ3v) is 4.71. The maximum atomic E-state index is 11.4. The molecule has 1 aliphatic rings. The van der Waals surface area contributed by atoms with Crippen molar-refractivity contribution in [3.05, 3.63) is 18.5 Å². The molecular formula is C10H15N3O2S. The molecule has 88 valence electrons. The zero-order valence-electron chi connectivity index (χ0n) is 9.13. The van der Waals surface area contributed by atoms with Gasteiger partial charge in [0.1, 0.15) is 0 Å². The van der Waals surface area contributed by atoms with Crippen molar-refractivity contribution in [1.82, 2.24) is 4.98 Å². The maximum Gasteiger partial charge on any atom is 0.152 e. The Hall–Kier alpha value is -1.30. The van der Waals surface area contributed by atoms with Gasteiger partial charge in [-0.1, -0.05) is 0 Å². The van der Waals surface area contributed by atoms with Crippen LogP contribution in [0, 0.1) is 0 Å². The summed E-state index contributed by atoms with van der Waals surface area (Å²) in [5.74, 6) is 0.484. The first kappa shape index (κ1) is 11.2. The van der Waals surface area contributed by atoms with Crippen LogP contribution in [-0.2, 0) is 9.84 Å². The van der Waals surface area contributed by atoms with Crippen LogP contribution >= 0.6 is 0 Å². The van der Waals surface area contributed by atoms with Gasteiger partial charge in [0.2, 0.25) is 0 Å². The van der Waals surface area contributed by atoms with Crippen LogP contribution in [0.3, 0.4) is 0 Å². The van der Waals surface area contributed by atoms with E-state index in [9.17, 15) is 8.42 Å². The van der Waals surface area contributed by atoms with Gasteiger partial charge in [0.05, 0.1) is 29.1 Å². The van der Waals surface area contributed by atoms with E-state index in [-0.39, 0.29) is 17.5 Å². The number of nitrogens with zero attached hydrogens (tertiary/aromatic N) is 2. The molecule has 2 heterocycles. The number of sulfone groups is 1. The van der Waals surface area contributed by atoms with Crippen LogP contribution in [0.1, 0.15) is 6.42 Å². The number of aromatic nitrogens is 1. The van der Waals surface area contributed by atoms with Gasteiger partial charge in [-0.25, -0.2) is 8.42 Å². The smallest absolute Gasteiger partial charge is 0.152 e. The molecule has 1 aliphatic heterocycles. The van der Waals surface area contributed by atoms with E-state index in [1.165, 1.54) is 0 Å². The molecule has 0 saturated carbocycles. The van der Waals surface area contributed by atoms with Crippen molar-refractivity contribution < 1.29 is 8.42 Å². The molecule has 0 aromatic carbocycles. The minimum absolute atomic E-state index is 0.0229. The van der Waals surface area contributed by atoms with Gasteiger partial charge in [-0.2, -0.15) is 0 Å². The molecule has 1 aromatic rings. The van der Waals surface area contributed by atoms with Gasteiger partial charge in [0, 0.05) is 19.3 Å². The van der Waals surface area contributed by atoms with Gasteiger partial charge in [0.25, 0.3) is 0 Å². The summed E-state index contributed by atoms with van der Waals surface area (Å²) in [5.41, 5.74) is 7.23. The fourth-order valence-corrected chi connectivity index (χ4v) is 3.77. The molecule has 0 bridgehead atoms. The van der Waals surface area contributed by atoms with Crippen molar-refractivity contribution in [2.24, 2.45) is 0 Å². The first-order chi connectivity index (χ1) is 7.49. The lowest BCUT2D eigenvalue weighted by Crippen LogP contribution is -2.33. The summed E-state index contributed by atoms with van der Waals surface area (Å²) in [4.78, 5) is 5.84. The highest BCUT2D eigenvalue weighted by Crippen LogP contribution is 2.26. The van der Waals surface area contributed by atoms with Crippen LogP contribution in [0.5, 0.6) is 0 Å². The lowest BCUT2D eigenvalue weighted by Gasteiger charge is -2.26. The number of hydrogen-bond acceptors (Lipinski definition) is 5. The number of hydrogen-bond donors (Lipinski definition) is 1. The van der Waals surface area contributed by atoms with Crippen molar-refractivity contribution in [1.29, 1.82) is 0 Å². The maximum absolute atomic E-state index is 11.4. The molecule has 5 nitrogen and oxygen atoms in total. The quantitative estimate of drug-likeness (QED) is 0.805. The van der Waals surface area contributed by atoms with E-state index in [0.29, 0.717) is 12.1 Å². The summed E-state index contributed by atoms with van der Waals surface area (Å²) >= 11 is 0. The molecule has 0 aliphatic carbocycles. The molecular weight excluding hydrogens is 226 g/mol. The predicted octanol–water partition coefficient (Wildman–Crippen LogP) is 0.287. The first-order valence-electron chi connectivity index (χ1n) is 5.12. The normalized spacial score (nSPS) is 23.2. The van der Waals surface area contributed by atoms with Gasteiger partial charge in [-0.3, -0.25) is 4.98 Å². The number of anilines is 2. The van der Waals surface area contributed by atoms with Crippen LogP contribution in [0.15, 0.2) is 18.5 Å². The third-order valence-electron chi connectivity index (χ3n) is 2.96. The minimum Gasteiger partial charge on any atom is -0.396 e. The summed E-state index contributed by atoms with van der Waals surface area (Å²) in [6.07, 6.45) is 3.90. The Bertz CT molecular complexity index is 487. The van der Waals surface area contributed by atoms with E-state index in [1.807, 2.05) is 11.9 Å². The summed E-state index contributed by atoms with van der Waals surface area (Å²) in [6.45, 7) is 0. The molecule has 2 N–H and O–H groups in total. The van der Waals surface area contributed by atoms with Crippen molar-refractivity contribution in [2.75, 3.05) is 29.2 Å². The molecule has 0 radical (unpaired) electrons. The Morgan fingerprint density at radius 2 is 2.31 bits per heavy atom. The zero-order valence-corrected chi connectivity index (χ0v) is 9.94. The Labute approximate surface area is 95.2 Å². The molecule has 1 saturated heterocycles. The number of nitrogens with two attached hydrogens (primary N) is 1. The van der Waals surface area contributed by atoms with Crippen LogP contribution in [0.4, 0.5) is 11.4 Å². The molecule has 1 unspecified atom stereocenters. The van der Waals surface area contributed by atoms with Crippen molar-refractivity contribution >= 4 is 21.2 Å². The fraction of sp³-hybridized carbons (Fsp3) is 0.500. The SMILES string of the molecule is CN(c1ccncc1N)C1CCS(=O)(=O)C1. The molecule has 1 aromatic heterocycles. The largest absolute Gasteiger partial charge is 0.396 e. The van der Waals surface area contributed by atoms with Gasteiger partial charge in [-0.05, 0) is 12.5 Å². The second-order valence-corrected chi connectivity index (χ2v) is 6.33. The standard InChI is InChI=1S/C10H15N3O2S/c1-13(8-3-5-16(14,15)7-8)10-2-4-12-6-9(10)11/h2,4,6,8H,3,5,7,11H2,1H3. The molecule has 1 fully saturated rings. The number of nitrogen functional groups attached to an aromatic ring is 1. The lowest BCUT2D eigenvalue weighted by molar-refractivity contribution is 0.601. The Morgan fingerprint density at radius 1 is 1.56 bits per heavy atom. The topological polar surface area (TPSA) is 76.3 Å². The zero-order chi connectivity index (χ0) is 11.8. The summed E-state index contributed by atoms with van der Waals surface area (Å²) < 4.78 is 22.8. The highest BCUT2D eigenvalue weighted by molar-refractivity contribution is 7.91. The summed E-state index contributed by atoms with van der Waals surface area (Å²) in [6, 6.07) is 1.83. The van der Waals surface area contributed by atoms with Gasteiger partial charge in [0.15, 0.2) is 9.84 Å². The average Bonchev–Trinajstić information content (AvgIpc) is 2.59. The van der Waals surface area contributed by atoms with Gasteiger partial charge < -0.3 is 10.6 Å². The van der Waals surface area contributed by atoms with E-state index in [1.54, 1.807) is 18.5 Å². The van der Waals surface area contributed by atoms with E-state index >= 15 is 0 Å². The van der Waals surface area contributed by atoms with Gasteiger partial charge in [-0.15, -0.1) is 0 Å². The van der Waals surface area contributed by atoms with E-state index < -0.39 is 9.84 Å². The molecule has 6 heteroatoms. The Balaban J connectivity index is 2.21. The van der Waals surface area contributed by atoms with Crippen LogP contribution in [-0.4, -0.2) is 38.0 Å². The van der Waals surface area contributed by atoms with Gasteiger partial charge >= 0.3 is 0 Å². The Morgan fingerprint density at radius 3 is 2.88 bits per heavy atom. The number of pyridine rings is 1. The average molecular weight is 241 g/mol. The minimum atomic E-state index is -2.86. The summed E-state index contributed by atoms with van der Waals surface area (Å²) in [7, 11) is -0.987. The van der Waals surface area contributed by atoms with E-state index in [2.05, 4.69) is 4.98 Å². The highest BCUT2D eigenvalue weighted by atomic mass is 32.2. The molecule has 0 amide bonds. The lowest BCUT2D eigenvalue weighted by atomic mass is 10.2. The van der Waals surface area contributed by atoms with Crippen molar-refractivity contribution in [3.63, 3.8) is 0 Å². The third kappa shape index (κ3) is 2.11. The van der Waals surface area contributed by atoms with Crippen LogP contribution in [0.2, 0.25) is 0 Å². The second kappa shape index (κ2) is 3.93. The molecule has 2 rings (SSSR count). The Kier molecular flexibility index (Phi) is 2.75.